The number of H-pyrrole nitrogens is 1. The van der Waals surface area contributed by atoms with Gasteiger partial charge in [0.05, 0.1) is 11.6 Å². The van der Waals surface area contributed by atoms with Crippen molar-refractivity contribution >= 4 is 23.4 Å². The van der Waals surface area contributed by atoms with E-state index in [-0.39, 0.29) is 11.9 Å². The summed E-state index contributed by atoms with van der Waals surface area (Å²) in [5.41, 5.74) is 3.47. The molecule has 0 fully saturated rings. The van der Waals surface area contributed by atoms with E-state index >= 15 is 0 Å². The van der Waals surface area contributed by atoms with E-state index < -0.39 is 11.7 Å². The fourth-order valence-corrected chi connectivity index (χ4v) is 3.53. The van der Waals surface area contributed by atoms with Crippen LogP contribution in [-0.4, -0.2) is 23.2 Å². The number of hydrogen-bond donors (Lipinski definition) is 2. The fourth-order valence-electron chi connectivity index (χ4n) is 3.53. The minimum absolute atomic E-state index is 0.185. The number of alkyl halides is 3. The third-order valence-electron chi connectivity index (χ3n) is 5.14. The molecule has 8 heteroatoms. The van der Waals surface area contributed by atoms with E-state index in [1.54, 1.807) is 24.1 Å². The number of aromatic nitrogens is 2. The minimum Gasteiger partial charge on any atom is -0.374 e. The Labute approximate surface area is 171 Å². The fraction of sp³-hybridized carbons (Fsp3) is 0.182. The van der Waals surface area contributed by atoms with Gasteiger partial charge in [0, 0.05) is 24.6 Å². The Bertz CT molecular complexity index is 1120. The van der Waals surface area contributed by atoms with E-state index in [0.29, 0.717) is 16.9 Å². The molecular formula is C22H19F3N4O. The number of benzene rings is 2. The molecule has 1 aromatic heterocycles. The number of nitrogens with zero attached hydrogens (tertiary/aromatic N) is 2. The van der Waals surface area contributed by atoms with Gasteiger partial charge in [-0.15, -0.1) is 0 Å². The smallest absolute Gasteiger partial charge is 0.374 e. The van der Waals surface area contributed by atoms with Gasteiger partial charge < -0.3 is 10.2 Å². The highest BCUT2D eigenvalue weighted by molar-refractivity contribution is 6.04. The van der Waals surface area contributed by atoms with Gasteiger partial charge in [-0.2, -0.15) is 18.3 Å². The second-order valence-electron chi connectivity index (χ2n) is 7.16. The average Bonchev–Trinajstić information content (AvgIpc) is 3.26. The van der Waals surface area contributed by atoms with Gasteiger partial charge in [0.25, 0.3) is 5.91 Å². The third kappa shape index (κ3) is 3.68. The summed E-state index contributed by atoms with van der Waals surface area (Å²) in [6.45, 7) is 1.91. The van der Waals surface area contributed by atoms with Crippen molar-refractivity contribution in [3.63, 3.8) is 0 Å². The van der Waals surface area contributed by atoms with Crippen LogP contribution in [0.1, 0.15) is 38.8 Å². The maximum atomic E-state index is 12.9. The number of carbonyl (C=O) groups is 1. The van der Waals surface area contributed by atoms with Gasteiger partial charge in [-0.1, -0.05) is 24.3 Å². The van der Waals surface area contributed by atoms with Crippen LogP contribution in [-0.2, 0) is 6.18 Å². The molecule has 0 saturated carbocycles. The number of anilines is 2. The Morgan fingerprint density at radius 2 is 1.93 bits per heavy atom. The summed E-state index contributed by atoms with van der Waals surface area (Å²) < 4.78 is 38.7. The number of carbonyl (C=O) groups excluding carboxylic acids is 1. The standard InChI is InChI=1S/C22H19F3N4O/c1-13-11-14(4-8-20(13)29(2)21(30)19-9-10-26-28-19)17-6-3-15-12-16(22(23,24)25)5-7-18(15)27-17/h3-12,17,27H,1-2H3,(H,26,28). The van der Waals surface area contributed by atoms with Crippen LogP contribution < -0.4 is 10.2 Å². The van der Waals surface area contributed by atoms with Crippen LogP contribution in [0.15, 0.2) is 54.7 Å². The van der Waals surface area contributed by atoms with Crippen molar-refractivity contribution in [3.8, 4) is 0 Å². The first-order valence-electron chi connectivity index (χ1n) is 9.28. The van der Waals surface area contributed by atoms with Gasteiger partial charge in [-0.05, 0) is 53.9 Å². The van der Waals surface area contributed by atoms with Crippen molar-refractivity contribution in [2.24, 2.45) is 0 Å². The van der Waals surface area contributed by atoms with E-state index in [9.17, 15) is 18.0 Å². The summed E-state index contributed by atoms with van der Waals surface area (Å²) >= 11 is 0. The summed E-state index contributed by atoms with van der Waals surface area (Å²) in [7, 11) is 1.69. The number of rotatable bonds is 3. The van der Waals surface area contributed by atoms with Crippen LogP contribution >= 0.6 is 0 Å². The van der Waals surface area contributed by atoms with Gasteiger partial charge in [0.1, 0.15) is 5.69 Å². The van der Waals surface area contributed by atoms with Gasteiger partial charge >= 0.3 is 6.18 Å². The molecule has 1 amide bonds. The topological polar surface area (TPSA) is 61.0 Å². The molecule has 2 aromatic carbocycles. The van der Waals surface area contributed by atoms with E-state index in [1.807, 2.05) is 31.2 Å². The first kappa shape index (κ1) is 19.8. The second-order valence-corrected chi connectivity index (χ2v) is 7.16. The number of fused-ring (bicyclic) bond motifs is 1. The maximum Gasteiger partial charge on any atom is 0.416 e. The molecule has 1 aliphatic rings. The first-order valence-corrected chi connectivity index (χ1v) is 9.28. The Hall–Kier alpha value is -3.55. The van der Waals surface area contributed by atoms with Gasteiger partial charge in [0.2, 0.25) is 0 Å². The highest BCUT2D eigenvalue weighted by atomic mass is 19.4. The van der Waals surface area contributed by atoms with Crippen LogP contribution in [0, 0.1) is 6.92 Å². The lowest BCUT2D eigenvalue weighted by molar-refractivity contribution is -0.137. The molecule has 2 N–H and O–H groups in total. The summed E-state index contributed by atoms with van der Waals surface area (Å²) in [5, 5.41) is 9.73. The number of hydrogen-bond acceptors (Lipinski definition) is 3. The molecule has 154 valence electrons. The lowest BCUT2D eigenvalue weighted by Crippen LogP contribution is -2.27. The molecule has 0 aliphatic carbocycles. The molecule has 0 bridgehead atoms. The van der Waals surface area contributed by atoms with Crippen molar-refractivity contribution in [3.05, 3.63) is 82.7 Å². The highest BCUT2D eigenvalue weighted by Crippen LogP contribution is 2.36. The summed E-state index contributed by atoms with van der Waals surface area (Å²) in [6, 6.07) is 10.8. The summed E-state index contributed by atoms with van der Waals surface area (Å²) in [6.07, 6.45) is 0.680. The Morgan fingerprint density at radius 3 is 2.60 bits per heavy atom. The van der Waals surface area contributed by atoms with E-state index in [0.717, 1.165) is 28.9 Å². The monoisotopic (exact) mass is 412 g/mol. The quantitative estimate of drug-likeness (QED) is 0.622. The number of amides is 1. The normalized spacial score (nSPS) is 15.4. The SMILES string of the molecule is Cc1cc(C2C=Cc3cc(C(F)(F)F)ccc3N2)ccc1N(C)C(=O)c1ccn[nH]1. The molecule has 3 aromatic rings. The molecule has 30 heavy (non-hydrogen) atoms. The first-order chi connectivity index (χ1) is 14.2. The zero-order valence-electron chi connectivity index (χ0n) is 16.3. The van der Waals surface area contributed by atoms with Crippen LogP contribution in [0.2, 0.25) is 0 Å². The van der Waals surface area contributed by atoms with E-state index in [2.05, 4.69) is 15.5 Å². The van der Waals surface area contributed by atoms with Crippen LogP contribution in [0.25, 0.3) is 6.08 Å². The summed E-state index contributed by atoms with van der Waals surface area (Å²) in [5.74, 6) is -0.201. The van der Waals surface area contributed by atoms with Crippen molar-refractivity contribution < 1.29 is 18.0 Å². The number of aromatic amines is 1. The predicted octanol–water partition coefficient (Wildman–Crippen LogP) is 5.19. The zero-order valence-corrected chi connectivity index (χ0v) is 16.3. The van der Waals surface area contributed by atoms with E-state index in [1.165, 1.54) is 12.3 Å². The Kier molecular flexibility index (Phi) is 4.85. The summed E-state index contributed by atoms with van der Waals surface area (Å²) in [4.78, 5) is 14.1. The van der Waals surface area contributed by atoms with Crippen molar-refractivity contribution in [2.75, 3.05) is 17.3 Å². The lowest BCUT2D eigenvalue weighted by Gasteiger charge is -2.25. The van der Waals surface area contributed by atoms with E-state index in [4.69, 9.17) is 0 Å². The Morgan fingerprint density at radius 1 is 1.13 bits per heavy atom. The van der Waals surface area contributed by atoms with Crippen molar-refractivity contribution in [1.29, 1.82) is 0 Å². The number of halogens is 3. The molecule has 0 saturated heterocycles. The van der Waals surface area contributed by atoms with Crippen LogP contribution in [0.5, 0.6) is 0 Å². The molecule has 0 spiro atoms. The van der Waals surface area contributed by atoms with Gasteiger partial charge in [0.15, 0.2) is 0 Å². The number of nitrogens with one attached hydrogen (secondary N) is 2. The highest BCUT2D eigenvalue weighted by Gasteiger charge is 2.31. The van der Waals surface area contributed by atoms with Crippen LogP contribution in [0.3, 0.4) is 0 Å². The van der Waals surface area contributed by atoms with Crippen molar-refractivity contribution in [2.45, 2.75) is 19.1 Å². The molecule has 1 aliphatic heterocycles. The third-order valence-corrected chi connectivity index (χ3v) is 5.14. The molecule has 1 atom stereocenters. The molecular weight excluding hydrogens is 393 g/mol. The predicted molar refractivity (Wildman–Crippen MR) is 109 cm³/mol. The Balaban J connectivity index is 1.56. The zero-order chi connectivity index (χ0) is 21.5. The van der Waals surface area contributed by atoms with Crippen molar-refractivity contribution in [1.82, 2.24) is 10.2 Å². The van der Waals surface area contributed by atoms with Gasteiger partial charge in [-0.25, -0.2) is 0 Å². The molecule has 5 nitrogen and oxygen atoms in total. The minimum atomic E-state index is -4.37. The molecule has 1 unspecified atom stereocenters. The van der Waals surface area contributed by atoms with Crippen LogP contribution in [0.4, 0.5) is 24.5 Å². The van der Waals surface area contributed by atoms with Gasteiger partial charge in [-0.3, -0.25) is 9.89 Å². The second kappa shape index (κ2) is 7.37. The molecule has 0 radical (unpaired) electrons. The maximum absolute atomic E-state index is 12.9. The average molecular weight is 412 g/mol. The lowest BCUT2D eigenvalue weighted by atomic mass is 9.97. The largest absolute Gasteiger partial charge is 0.416 e. The molecule has 4 rings (SSSR count). The molecule has 2 heterocycles. The number of aryl methyl sites for hydroxylation is 1.